The molecule has 0 aliphatic carbocycles. The summed E-state index contributed by atoms with van der Waals surface area (Å²) in [4.78, 5) is 10.8. The van der Waals surface area contributed by atoms with Crippen molar-refractivity contribution < 1.29 is 18.0 Å². The first-order valence-corrected chi connectivity index (χ1v) is 5.49. The van der Waals surface area contributed by atoms with Gasteiger partial charge in [0.2, 0.25) is 5.91 Å². The number of benzene rings is 1. The van der Waals surface area contributed by atoms with Crippen molar-refractivity contribution in [2.45, 2.75) is 13.1 Å². The molecular weight excluding hydrogens is 269 g/mol. The van der Waals surface area contributed by atoms with Crippen LogP contribution in [0.1, 0.15) is 12.5 Å². The first kappa shape index (κ1) is 14.6. The number of hydrogen-bond donors (Lipinski definition) is 2. The zero-order valence-electron chi connectivity index (χ0n) is 9.51. The monoisotopic (exact) mass is 280 g/mol. The second-order valence-electron chi connectivity index (χ2n) is 3.88. The summed E-state index contributed by atoms with van der Waals surface area (Å²) in [5, 5.41) is 2.83. The Hall–Kier alpha value is -1.43. The molecule has 7 heteroatoms. The van der Waals surface area contributed by atoms with Crippen molar-refractivity contribution in [1.82, 2.24) is 0 Å². The molecule has 1 unspecified atom stereocenters. The van der Waals surface area contributed by atoms with Crippen molar-refractivity contribution in [2.24, 2.45) is 11.7 Å². The average Bonchev–Trinajstić information content (AvgIpc) is 2.25. The number of halogens is 4. The fourth-order valence-corrected chi connectivity index (χ4v) is 1.39. The van der Waals surface area contributed by atoms with E-state index in [0.717, 1.165) is 18.2 Å². The number of carbonyl (C=O) groups excluding carboxylic acids is 1. The van der Waals surface area contributed by atoms with Gasteiger partial charge in [-0.25, -0.2) is 0 Å². The third-order valence-electron chi connectivity index (χ3n) is 2.38. The van der Waals surface area contributed by atoms with E-state index in [1.165, 1.54) is 0 Å². The maximum absolute atomic E-state index is 12.5. The molecule has 3 nitrogen and oxygen atoms in total. The zero-order valence-corrected chi connectivity index (χ0v) is 10.3. The highest BCUT2D eigenvalue weighted by Crippen LogP contribution is 2.33. The lowest BCUT2D eigenvalue weighted by atomic mass is 10.1. The predicted octanol–water partition coefficient (Wildman–Crippen LogP) is 2.89. The number of hydrogen-bond acceptors (Lipinski definition) is 2. The molecule has 0 aliphatic heterocycles. The van der Waals surface area contributed by atoms with Gasteiger partial charge >= 0.3 is 6.18 Å². The lowest BCUT2D eigenvalue weighted by Gasteiger charge is -2.14. The van der Waals surface area contributed by atoms with Crippen LogP contribution >= 0.6 is 11.6 Å². The standard InChI is InChI=1S/C11H12ClF3N2O/c1-6(10(16)18)5-17-9-4-7(11(13,14)15)2-3-8(9)12/h2-4,6,17H,5H2,1H3,(H2,16,18). The van der Waals surface area contributed by atoms with E-state index in [9.17, 15) is 18.0 Å². The zero-order chi connectivity index (χ0) is 13.9. The van der Waals surface area contributed by atoms with Gasteiger partial charge in [0.25, 0.3) is 0 Å². The van der Waals surface area contributed by atoms with Crippen LogP contribution in [-0.2, 0) is 11.0 Å². The Kier molecular flexibility index (Phi) is 4.45. The van der Waals surface area contributed by atoms with Gasteiger partial charge in [0.1, 0.15) is 0 Å². The van der Waals surface area contributed by atoms with Crippen LogP contribution in [0.3, 0.4) is 0 Å². The summed E-state index contributed by atoms with van der Waals surface area (Å²) in [7, 11) is 0. The summed E-state index contributed by atoms with van der Waals surface area (Å²) in [5.41, 5.74) is 4.37. The van der Waals surface area contributed by atoms with Crippen LogP contribution in [0.4, 0.5) is 18.9 Å². The largest absolute Gasteiger partial charge is 0.416 e. The maximum Gasteiger partial charge on any atom is 0.416 e. The fourth-order valence-electron chi connectivity index (χ4n) is 1.20. The Morgan fingerprint density at radius 3 is 2.61 bits per heavy atom. The van der Waals surface area contributed by atoms with Crippen molar-refractivity contribution >= 4 is 23.2 Å². The predicted molar refractivity (Wildman–Crippen MR) is 63.3 cm³/mol. The summed E-state index contributed by atoms with van der Waals surface area (Å²) in [6.45, 7) is 1.69. The minimum atomic E-state index is -4.43. The van der Waals surface area contributed by atoms with Crippen LogP contribution in [-0.4, -0.2) is 12.5 Å². The third-order valence-corrected chi connectivity index (χ3v) is 2.71. The Balaban J connectivity index is 2.85. The van der Waals surface area contributed by atoms with Crippen LogP contribution in [0, 0.1) is 5.92 Å². The molecule has 0 spiro atoms. The number of primary amides is 1. The normalized spacial score (nSPS) is 13.2. The van der Waals surface area contributed by atoms with Gasteiger partial charge in [-0.05, 0) is 18.2 Å². The summed E-state index contributed by atoms with van der Waals surface area (Å²) in [6, 6.07) is 2.95. The van der Waals surface area contributed by atoms with Crippen LogP contribution < -0.4 is 11.1 Å². The molecular formula is C11H12ClF3N2O. The first-order chi connectivity index (χ1) is 8.21. The number of nitrogens with one attached hydrogen (secondary N) is 1. The van der Waals surface area contributed by atoms with Crippen LogP contribution in [0.2, 0.25) is 5.02 Å². The Bertz CT molecular complexity index is 448. The van der Waals surface area contributed by atoms with Crippen molar-refractivity contribution in [3.63, 3.8) is 0 Å². The van der Waals surface area contributed by atoms with Crippen molar-refractivity contribution in [3.05, 3.63) is 28.8 Å². The summed E-state index contributed by atoms with van der Waals surface area (Å²) < 4.78 is 37.4. The molecule has 0 fully saturated rings. The highest BCUT2D eigenvalue weighted by molar-refractivity contribution is 6.33. The molecule has 0 aromatic heterocycles. The minimum Gasteiger partial charge on any atom is -0.383 e. The van der Waals surface area contributed by atoms with Crippen LogP contribution in [0.25, 0.3) is 0 Å². The molecule has 0 saturated heterocycles. The molecule has 0 bridgehead atoms. The third kappa shape index (κ3) is 3.80. The number of alkyl halides is 3. The minimum absolute atomic E-state index is 0.121. The van der Waals surface area contributed by atoms with E-state index in [-0.39, 0.29) is 17.3 Å². The lowest BCUT2D eigenvalue weighted by Crippen LogP contribution is -2.26. The number of rotatable bonds is 4. The van der Waals surface area contributed by atoms with E-state index in [1.54, 1.807) is 6.92 Å². The molecule has 1 aromatic carbocycles. The number of nitrogens with two attached hydrogens (primary N) is 1. The molecule has 1 amide bonds. The molecule has 1 aromatic rings. The molecule has 1 atom stereocenters. The lowest BCUT2D eigenvalue weighted by molar-refractivity contribution is -0.137. The van der Waals surface area contributed by atoms with Gasteiger partial charge in [-0.3, -0.25) is 4.79 Å². The molecule has 1 rings (SSSR count). The summed E-state index contributed by atoms with van der Waals surface area (Å²) in [5.74, 6) is -1.04. The van der Waals surface area contributed by atoms with Crippen molar-refractivity contribution in [1.29, 1.82) is 0 Å². The van der Waals surface area contributed by atoms with Gasteiger partial charge in [-0.15, -0.1) is 0 Å². The number of carbonyl (C=O) groups is 1. The van der Waals surface area contributed by atoms with Crippen LogP contribution in [0.15, 0.2) is 18.2 Å². The van der Waals surface area contributed by atoms with Gasteiger partial charge < -0.3 is 11.1 Å². The van der Waals surface area contributed by atoms with Gasteiger partial charge in [-0.1, -0.05) is 18.5 Å². The molecule has 0 saturated carbocycles. The number of anilines is 1. The van der Waals surface area contributed by atoms with Gasteiger partial charge in [0.15, 0.2) is 0 Å². The van der Waals surface area contributed by atoms with Crippen molar-refractivity contribution in [3.8, 4) is 0 Å². The van der Waals surface area contributed by atoms with Gasteiger partial charge in [0, 0.05) is 6.54 Å². The highest BCUT2D eigenvalue weighted by atomic mass is 35.5. The molecule has 18 heavy (non-hydrogen) atoms. The quantitative estimate of drug-likeness (QED) is 0.891. The van der Waals surface area contributed by atoms with E-state index >= 15 is 0 Å². The first-order valence-electron chi connectivity index (χ1n) is 5.11. The second kappa shape index (κ2) is 5.48. The summed E-state index contributed by atoms with van der Waals surface area (Å²) in [6.07, 6.45) is -4.43. The Morgan fingerprint density at radius 1 is 1.50 bits per heavy atom. The van der Waals surface area contributed by atoms with Crippen LogP contribution in [0.5, 0.6) is 0 Å². The molecule has 3 N–H and O–H groups in total. The van der Waals surface area contributed by atoms with E-state index in [1.807, 2.05) is 0 Å². The number of amides is 1. The fraction of sp³-hybridized carbons (Fsp3) is 0.364. The van der Waals surface area contributed by atoms with E-state index in [2.05, 4.69) is 5.32 Å². The topological polar surface area (TPSA) is 55.1 Å². The smallest absolute Gasteiger partial charge is 0.383 e. The maximum atomic E-state index is 12.5. The molecule has 100 valence electrons. The van der Waals surface area contributed by atoms with Crippen molar-refractivity contribution in [2.75, 3.05) is 11.9 Å². The van der Waals surface area contributed by atoms with Gasteiger partial charge in [0.05, 0.1) is 22.2 Å². The SMILES string of the molecule is CC(CNc1cc(C(F)(F)F)ccc1Cl)C(N)=O. The highest BCUT2D eigenvalue weighted by Gasteiger charge is 2.30. The average molecular weight is 281 g/mol. The Labute approximate surface area is 107 Å². The molecule has 0 heterocycles. The summed E-state index contributed by atoms with van der Waals surface area (Å²) >= 11 is 5.76. The van der Waals surface area contributed by atoms with Gasteiger partial charge in [-0.2, -0.15) is 13.2 Å². The van der Waals surface area contributed by atoms with E-state index < -0.39 is 23.6 Å². The molecule has 0 aliphatic rings. The van der Waals surface area contributed by atoms with E-state index in [4.69, 9.17) is 17.3 Å². The second-order valence-corrected chi connectivity index (χ2v) is 4.28. The van der Waals surface area contributed by atoms with E-state index in [0.29, 0.717) is 0 Å². The Morgan fingerprint density at radius 2 is 2.11 bits per heavy atom. The molecule has 0 radical (unpaired) electrons.